The van der Waals surface area contributed by atoms with Crippen molar-refractivity contribution in [1.29, 1.82) is 0 Å². The normalized spacial score (nSPS) is 10.5. The van der Waals surface area contributed by atoms with Crippen molar-refractivity contribution in [3.63, 3.8) is 0 Å². The highest BCUT2D eigenvalue weighted by molar-refractivity contribution is 7.99. The molecule has 0 aliphatic heterocycles. The molecule has 0 spiro atoms. The van der Waals surface area contributed by atoms with E-state index in [1.165, 1.54) is 25.0 Å². The summed E-state index contributed by atoms with van der Waals surface area (Å²) >= 11 is 1.32. The monoisotopic (exact) mass is 342 g/mol. The first kappa shape index (κ1) is 15.9. The van der Waals surface area contributed by atoms with Gasteiger partial charge in [-0.3, -0.25) is 9.59 Å². The minimum absolute atomic E-state index is 0.138. The number of amides is 2. The molecule has 122 valence electrons. The average Bonchev–Trinajstić information content (AvgIpc) is 3.02. The number of carbonyl (C=O) groups excluding carboxylic acids is 2. The number of nitrogens with zero attached hydrogens (tertiary/aromatic N) is 4. The highest BCUT2D eigenvalue weighted by Crippen LogP contribution is 2.17. The molecule has 3 aromatic rings. The zero-order valence-corrected chi connectivity index (χ0v) is 13.6. The topological polar surface area (TPSA) is 101 Å². The molecule has 24 heavy (non-hydrogen) atoms. The van der Waals surface area contributed by atoms with E-state index < -0.39 is 0 Å². The summed E-state index contributed by atoms with van der Waals surface area (Å²) in [4.78, 5) is 23.0. The molecule has 2 aromatic heterocycles. The fraction of sp³-hybridized carbons (Fsp3) is 0.133. The van der Waals surface area contributed by atoms with Gasteiger partial charge in [-0.25, -0.2) is 0 Å². The van der Waals surface area contributed by atoms with Crippen molar-refractivity contribution in [2.45, 2.75) is 11.9 Å². The zero-order valence-electron chi connectivity index (χ0n) is 12.8. The zero-order chi connectivity index (χ0) is 16.9. The summed E-state index contributed by atoms with van der Waals surface area (Å²) in [5, 5.41) is 18.1. The Morgan fingerprint density at radius 2 is 1.79 bits per heavy atom. The SMILES string of the molecule is CC(=O)Nc1ccc(NC(=O)CSc2ccc3nncn3n2)cc1. The van der Waals surface area contributed by atoms with Crippen molar-refractivity contribution in [1.82, 2.24) is 19.8 Å². The number of hydrogen-bond donors (Lipinski definition) is 2. The van der Waals surface area contributed by atoms with Gasteiger partial charge in [0, 0.05) is 18.3 Å². The molecule has 0 fully saturated rings. The van der Waals surface area contributed by atoms with Crippen molar-refractivity contribution in [2.75, 3.05) is 16.4 Å². The molecule has 9 heteroatoms. The van der Waals surface area contributed by atoms with E-state index in [-0.39, 0.29) is 17.6 Å². The third-order valence-electron chi connectivity index (χ3n) is 2.98. The Bertz CT molecular complexity index is 877. The van der Waals surface area contributed by atoms with Crippen LogP contribution < -0.4 is 10.6 Å². The number of aromatic nitrogens is 4. The highest BCUT2D eigenvalue weighted by Gasteiger charge is 2.06. The molecular formula is C15H14N6O2S. The number of nitrogens with one attached hydrogen (secondary N) is 2. The summed E-state index contributed by atoms with van der Waals surface area (Å²) < 4.78 is 1.56. The summed E-state index contributed by atoms with van der Waals surface area (Å²) in [6.45, 7) is 1.44. The number of fused-ring (bicyclic) bond motifs is 1. The van der Waals surface area contributed by atoms with E-state index >= 15 is 0 Å². The largest absolute Gasteiger partial charge is 0.326 e. The molecule has 1 aromatic carbocycles. The first-order valence-electron chi connectivity index (χ1n) is 7.07. The first-order chi connectivity index (χ1) is 11.6. The van der Waals surface area contributed by atoms with Gasteiger partial charge in [0.25, 0.3) is 0 Å². The fourth-order valence-corrected chi connectivity index (χ4v) is 2.63. The molecule has 0 bridgehead atoms. The number of thioether (sulfide) groups is 1. The number of anilines is 2. The van der Waals surface area contributed by atoms with E-state index in [9.17, 15) is 9.59 Å². The number of hydrogen-bond acceptors (Lipinski definition) is 6. The standard InChI is InChI=1S/C15H14N6O2S/c1-10(22)17-11-2-4-12(5-3-11)18-14(23)8-24-15-7-6-13-19-16-9-21(13)20-15/h2-7,9H,8H2,1H3,(H,17,22)(H,18,23). The van der Waals surface area contributed by atoms with Crippen LogP contribution in [-0.2, 0) is 9.59 Å². The van der Waals surface area contributed by atoms with E-state index in [1.807, 2.05) is 0 Å². The van der Waals surface area contributed by atoms with E-state index in [0.717, 1.165) is 0 Å². The lowest BCUT2D eigenvalue weighted by Gasteiger charge is -2.07. The van der Waals surface area contributed by atoms with Gasteiger partial charge in [-0.1, -0.05) is 11.8 Å². The predicted molar refractivity (Wildman–Crippen MR) is 90.9 cm³/mol. The fourth-order valence-electron chi connectivity index (χ4n) is 1.96. The Morgan fingerprint density at radius 3 is 2.50 bits per heavy atom. The molecule has 0 atom stereocenters. The van der Waals surface area contributed by atoms with Gasteiger partial charge in [0.1, 0.15) is 11.4 Å². The molecule has 0 saturated heterocycles. The molecule has 0 unspecified atom stereocenters. The van der Waals surface area contributed by atoms with Gasteiger partial charge in [0.05, 0.1) is 5.75 Å². The molecular weight excluding hydrogens is 328 g/mol. The number of benzene rings is 1. The number of rotatable bonds is 5. The summed E-state index contributed by atoms with van der Waals surface area (Å²) in [5.41, 5.74) is 2.00. The Kier molecular flexibility index (Phi) is 4.71. The minimum Gasteiger partial charge on any atom is -0.326 e. The lowest BCUT2D eigenvalue weighted by atomic mass is 10.3. The van der Waals surface area contributed by atoms with Crippen LogP contribution in [0.15, 0.2) is 47.8 Å². The third-order valence-corrected chi connectivity index (χ3v) is 3.90. The van der Waals surface area contributed by atoms with Crippen LogP contribution in [0, 0.1) is 0 Å². The molecule has 0 saturated carbocycles. The van der Waals surface area contributed by atoms with Crippen LogP contribution in [0.5, 0.6) is 0 Å². The molecule has 2 amide bonds. The maximum absolute atomic E-state index is 12.0. The average molecular weight is 342 g/mol. The van der Waals surface area contributed by atoms with Crippen LogP contribution in [0.1, 0.15) is 6.92 Å². The first-order valence-corrected chi connectivity index (χ1v) is 8.06. The molecule has 8 nitrogen and oxygen atoms in total. The summed E-state index contributed by atoms with van der Waals surface area (Å²) in [5.74, 6) is -0.0488. The quantitative estimate of drug-likeness (QED) is 0.686. The second-order valence-electron chi connectivity index (χ2n) is 4.90. The van der Waals surface area contributed by atoms with E-state index in [2.05, 4.69) is 25.9 Å². The number of carbonyl (C=O) groups is 2. The van der Waals surface area contributed by atoms with Crippen LogP contribution in [0.2, 0.25) is 0 Å². The van der Waals surface area contributed by atoms with Crippen LogP contribution in [0.3, 0.4) is 0 Å². The van der Waals surface area contributed by atoms with Crippen LogP contribution in [0.25, 0.3) is 5.65 Å². The lowest BCUT2D eigenvalue weighted by molar-refractivity contribution is -0.114. The van der Waals surface area contributed by atoms with Gasteiger partial charge in [0.2, 0.25) is 11.8 Å². The summed E-state index contributed by atoms with van der Waals surface area (Å²) in [6.07, 6.45) is 1.51. The van der Waals surface area contributed by atoms with Gasteiger partial charge in [-0.05, 0) is 36.4 Å². The van der Waals surface area contributed by atoms with E-state index in [1.54, 1.807) is 40.9 Å². The molecule has 2 heterocycles. The third kappa shape index (κ3) is 4.07. The van der Waals surface area contributed by atoms with E-state index in [0.29, 0.717) is 22.0 Å². The maximum Gasteiger partial charge on any atom is 0.234 e. The van der Waals surface area contributed by atoms with Gasteiger partial charge >= 0.3 is 0 Å². The molecule has 3 rings (SSSR count). The molecule has 0 aliphatic carbocycles. The Labute approximate surface area is 141 Å². The minimum atomic E-state index is -0.141. The van der Waals surface area contributed by atoms with Crippen LogP contribution in [-0.4, -0.2) is 37.4 Å². The smallest absolute Gasteiger partial charge is 0.234 e. The predicted octanol–water partition coefficient (Wildman–Crippen LogP) is 1.81. The van der Waals surface area contributed by atoms with Gasteiger partial charge in [0.15, 0.2) is 5.65 Å². The lowest BCUT2D eigenvalue weighted by Crippen LogP contribution is -2.14. The van der Waals surface area contributed by atoms with Crippen molar-refractivity contribution in [3.8, 4) is 0 Å². The molecule has 0 aliphatic rings. The van der Waals surface area contributed by atoms with Crippen molar-refractivity contribution < 1.29 is 9.59 Å². The van der Waals surface area contributed by atoms with Crippen molar-refractivity contribution in [3.05, 3.63) is 42.7 Å². The summed E-state index contributed by atoms with van der Waals surface area (Å²) in [7, 11) is 0. The molecule has 0 radical (unpaired) electrons. The van der Waals surface area contributed by atoms with Crippen molar-refractivity contribution >= 4 is 40.6 Å². The molecule has 2 N–H and O–H groups in total. The second kappa shape index (κ2) is 7.09. The summed E-state index contributed by atoms with van der Waals surface area (Å²) in [6, 6.07) is 10.5. The van der Waals surface area contributed by atoms with Crippen LogP contribution >= 0.6 is 11.8 Å². The Morgan fingerprint density at radius 1 is 1.08 bits per heavy atom. The van der Waals surface area contributed by atoms with E-state index in [4.69, 9.17) is 0 Å². The second-order valence-corrected chi connectivity index (χ2v) is 5.90. The van der Waals surface area contributed by atoms with Gasteiger partial charge in [-0.2, -0.15) is 9.61 Å². The Balaban J connectivity index is 1.54. The Hall–Kier alpha value is -2.94. The van der Waals surface area contributed by atoms with Crippen LogP contribution in [0.4, 0.5) is 11.4 Å². The van der Waals surface area contributed by atoms with Gasteiger partial charge < -0.3 is 10.6 Å². The highest BCUT2D eigenvalue weighted by atomic mass is 32.2. The van der Waals surface area contributed by atoms with Gasteiger partial charge in [-0.15, -0.1) is 10.2 Å². The maximum atomic E-state index is 12.0. The van der Waals surface area contributed by atoms with Crippen molar-refractivity contribution in [2.24, 2.45) is 0 Å².